The summed E-state index contributed by atoms with van der Waals surface area (Å²) in [6.07, 6.45) is -0.0657. The summed E-state index contributed by atoms with van der Waals surface area (Å²) < 4.78 is 32.6. The number of aliphatic carboxylic acids is 1. The number of non-ortho nitro benzene ring substituents is 1. The zero-order chi connectivity index (χ0) is 27.3. The summed E-state index contributed by atoms with van der Waals surface area (Å²) in [6.45, 7) is 0.465. The molecule has 2 amide bonds. The molecule has 13 nitrogen and oxygen atoms in total. The Morgan fingerprint density at radius 2 is 1.76 bits per heavy atom. The molecule has 1 heterocycles. The molecule has 0 spiro atoms. The minimum absolute atomic E-state index is 0.191. The van der Waals surface area contributed by atoms with E-state index in [-0.39, 0.29) is 17.9 Å². The summed E-state index contributed by atoms with van der Waals surface area (Å²) in [6, 6.07) is 6.90. The Morgan fingerprint density at radius 1 is 1.14 bits per heavy atom. The van der Waals surface area contributed by atoms with Crippen molar-refractivity contribution >= 4 is 33.7 Å². The van der Waals surface area contributed by atoms with Crippen molar-refractivity contribution < 1.29 is 37.6 Å². The second-order valence-electron chi connectivity index (χ2n) is 8.50. The van der Waals surface area contributed by atoms with Gasteiger partial charge >= 0.3 is 12.1 Å². The number of carboxylic acids is 1. The highest BCUT2D eigenvalue weighted by Crippen LogP contribution is 2.26. The maximum absolute atomic E-state index is 13.6. The first kappa shape index (κ1) is 27.5. The summed E-state index contributed by atoms with van der Waals surface area (Å²) >= 11 is 0. The number of hydrogen-bond acceptors (Lipinski definition) is 9. The van der Waals surface area contributed by atoms with Gasteiger partial charge in [-0.15, -0.1) is 0 Å². The first-order chi connectivity index (χ1) is 17.4. The van der Waals surface area contributed by atoms with Crippen molar-refractivity contribution in [2.24, 2.45) is 0 Å². The van der Waals surface area contributed by atoms with Crippen molar-refractivity contribution in [3.63, 3.8) is 0 Å². The lowest BCUT2D eigenvalue weighted by Crippen LogP contribution is -2.54. The number of rotatable bonds is 9. The van der Waals surface area contributed by atoms with Gasteiger partial charge in [0, 0.05) is 32.6 Å². The largest absolute Gasteiger partial charge is 0.480 e. The van der Waals surface area contributed by atoms with Crippen LogP contribution in [0.25, 0.3) is 0 Å². The fourth-order valence-electron chi connectivity index (χ4n) is 3.72. The topological polar surface area (TPSA) is 176 Å². The number of carboxylic acid groups (broad SMARTS) is 1. The van der Waals surface area contributed by atoms with E-state index in [4.69, 9.17) is 4.74 Å². The normalized spacial score (nSPS) is 16.0. The van der Waals surface area contributed by atoms with E-state index in [1.807, 2.05) is 0 Å². The Bertz CT molecular complexity index is 1270. The number of sulfonamides is 1. The third kappa shape index (κ3) is 6.40. The molecule has 1 saturated heterocycles. The van der Waals surface area contributed by atoms with Crippen LogP contribution in [-0.2, 0) is 26.0 Å². The third-order valence-electron chi connectivity index (χ3n) is 5.67. The van der Waals surface area contributed by atoms with Crippen molar-refractivity contribution in [3.8, 4) is 5.75 Å². The number of carbonyl (C=O) groups excluding carboxylic acids is 2. The monoisotopic (exact) mass is 534 g/mol. The molecule has 2 aromatic carbocycles. The molecule has 1 aliphatic rings. The predicted molar refractivity (Wildman–Crippen MR) is 129 cm³/mol. The average Bonchev–Trinajstić information content (AvgIpc) is 3.39. The summed E-state index contributed by atoms with van der Waals surface area (Å²) in [5.41, 5.74) is 0.00672. The maximum atomic E-state index is 13.6. The van der Waals surface area contributed by atoms with Crippen LogP contribution in [-0.4, -0.2) is 78.3 Å². The molecular formula is C23H26N4O9S. The first-order valence-corrected chi connectivity index (χ1v) is 12.6. The van der Waals surface area contributed by atoms with Crippen LogP contribution in [0, 0.1) is 10.1 Å². The van der Waals surface area contributed by atoms with E-state index in [2.05, 4.69) is 5.32 Å². The molecule has 1 aliphatic heterocycles. The lowest BCUT2D eigenvalue weighted by Gasteiger charge is -2.30. The van der Waals surface area contributed by atoms with Gasteiger partial charge in [-0.1, -0.05) is 12.1 Å². The minimum Gasteiger partial charge on any atom is -0.480 e. The number of hydrogen-bond donors (Lipinski definition) is 2. The predicted octanol–water partition coefficient (Wildman–Crippen LogP) is 1.62. The van der Waals surface area contributed by atoms with Crippen LogP contribution in [0.15, 0.2) is 53.4 Å². The molecule has 198 valence electrons. The van der Waals surface area contributed by atoms with Crippen LogP contribution >= 0.6 is 0 Å². The molecule has 2 N–H and O–H groups in total. The maximum Gasteiger partial charge on any atom is 0.414 e. The molecular weight excluding hydrogens is 508 g/mol. The summed E-state index contributed by atoms with van der Waals surface area (Å²) in [7, 11) is -1.70. The standard InChI is InChI=1S/C23H26N4O9S/c1-25(2)23(31)36-17-9-5-15(6-10-17)14-20(22(29)30)26(21(28)19-4-3-13-24-19)37(34,35)18-11-7-16(8-12-18)27(32)33/h5-12,19-20,24H,3-4,13-14H2,1-2H3,(H,29,30)/t19-,20-/m0/s1. The molecule has 3 rings (SSSR count). The highest BCUT2D eigenvalue weighted by atomic mass is 32.2. The van der Waals surface area contributed by atoms with Crippen molar-refractivity contribution in [2.45, 2.75) is 36.2 Å². The van der Waals surface area contributed by atoms with E-state index in [9.17, 15) is 38.0 Å². The number of nitro groups is 1. The molecule has 2 aromatic rings. The zero-order valence-electron chi connectivity index (χ0n) is 20.1. The van der Waals surface area contributed by atoms with Crippen LogP contribution in [0.4, 0.5) is 10.5 Å². The SMILES string of the molecule is CN(C)C(=O)Oc1ccc(C[C@@H](C(=O)O)N(C(=O)[C@@H]2CCCN2)S(=O)(=O)c2ccc([N+](=O)[O-])cc2)cc1. The van der Waals surface area contributed by atoms with E-state index < -0.39 is 49.9 Å². The van der Waals surface area contributed by atoms with Gasteiger partial charge in [0.25, 0.3) is 21.6 Å². The van der Waals surface area contributed by atoms with Crippen LogP contribution in [0.5, 0.6) is 5.75 Å². The van der Waals surface area contributed by atoms with Crippen molar-refractivity contribution in [1.29, 1.82) is 0 Å². The first-order valence-electron chi connectivity index (χ1n) is 11.2. The Morgan fingerprint density at radius 3 is 2.24 bits per heavy atom. The Balaban J connectivity index is 1.97. The molecule has 0 saturated carbocycles. The highest BCUT2D eigenvalue weighted by Gasteiger charge is 2.43. The minimum atomic E-state index is -4.71. The molecule has 0 unspecified atom stereocenters. The quantitative estimate of drug-likeness (QED) is 0.355. The fraction of sp³-hybridized carbons (Fsp3) is 0.348. The number of amides is 2. The number of nitrogens with zero attached hydrogens (tertiary/aromatic N) is 3. The summed E-state index contributed by atoms with van der Waals surface area (Å²) in [5.74, 6) is -2.30. The lowest BCUT2D eigenvalue weighted by molar-refractivity contribution is -0.384. The number of ether oxygens (including phenoxy) is 1. The smallest absolute Gasteiger partial charge is 0.414 e. The Kier molecular flexibility index (Phi) is 8.45. The average molecular weight is 535 g/mol. The van der Waals surface area contributed by atoms with Gasteiger partial charge in [0.2, 0.25) is 0 Å². The molecule has 1 fully saturated rings. The second-order valence-corrected chi connectivity index (χ2v) is 10.3. The Hall–Kier alpha value is -4.04. The number of nitrogens with one attached hydrogen (secondary N) is 1. The molecule has 2 atom stereocenters. The van der Waals surface area contributed by atoms with Crippen LogP contribution in [0.3, 0.4) is 0 Å². The van der Waals surface area contributed by atoms with Gasteiger partial charge in [-0.25, -0.2) is 22.3 Å². The van der Waals surface area contributed by atoms with Gasteiger partial charge in [0.15, 0.2) is 0 Å². The second kappa shape index (κ2) is 11.3. The highest BCUT2D eigenvalue weighted by molar-refractivity contribution is 7.89. The van der Waals surface area contributed by atoms with Crippen LogP contribution in [0.2, 0.25) is 0 Å². The number of benzene rings is 2. The fourth-order valence-corrected chi connectivity index (χ4v) is 5.29. The molecule has 0 aromatic heterocycles. The number of carbonyl (C=O) groups is 3. The van der Waals surface area contributed by atoms with Gasteiger partial charge in [0.05, 0.1) is 15.9 Å². The summed E-state index contributed by atoms with van der Waals surface area (Å²) in [5, 5.41) is 23.9. The zero-order valence-corrected chi connectivity index (χ0v) is 20.9. The van der Waals surface area contributed by atoms with Crippen LogP contribution in [0.1, 0.15) is 18.4 Å². The van der Waals surface area contributed by atoms with E-state index in [1.54, 1.807) is 0 Å². The van der Waals surface area contributed by atoms with E-state index in [0.29, 0.717) is 29.3 Å². The molecule has 0 aliphatic carbocycles. The number of nitro benzene ring substituents is 1. The van der Waals surface area contributed by atoms with Crippen molar-refractivity contribution in [3.05, 3.63) is 64.2 Å². The molecule has 0 radical (unpaired) electrons. The van der Waals surface area contributed by atoms with Gasteiger partial charge in [-0.2, -0.15) is 0 Å². The van der Waals surface area contributed by atoms with Gasteiger partial charge < -0.3 is 20.1 Å². The lowest BCUT2D eigenvalue weighted by atomic mass is 10.0. The van der Waals surface area contributed by atoms with E-state index in [0.717, 1.165) is 24.3 Å². The van der Waals surface area contributed by atoms with E-state index >= 15 is 0 Å². The van der Waals surface area contributed by atoms with E-state index in [1.165, 1.54) is 43.3 Å². The van der Waals surface area contributed by atoms with Gasteiger partial charge in [-0.3, -0.25) is 14.9 Å². The third-order valence-corrected chi connectivity index (χ3v) is 7.49. The Labute approximate surface area is 212 Å². The van der Waals surface area contributed by atoms with Crippen LogP contribution < -0.4 is 10.1 Å². The molecule has 0 bridgehead atoms. The van der Waals surface area contributed by atoms with Gasteiger partial charge in [0.1, 0.15) is 11.8 Å². The van der Waals surface area contributed by atoms with Crippen molar-refractivity contribution in [2.75, 3.05) is 20.6 Å². The van der Waals surface area contributed by atoms with Gasteiger partial charge in [-0.05, 0) is 49.2 Å². The summed E-state index contributed by atoms with van der Waals surface area (Å²) in [4.78, 5) is 48.5. The van der Waals surface area contributed by atoms with Crippen molar-refractivity contribution in [1.82, 2.24) is 14.5 Å². The molecule has 37 heavy (non-hydrogen) atoms. The molecule has 14 heteroatoms.